The largest absolute Gasteiger partial charge is 0.506 e. The van der Waals surface area contributed by atoms with Gasteiger partial charge in [0.1, 0.15) is 10.8 Å². The molecule has 1 aromatic carbocycles. The molecule has 12 heavy (non-hydrogen) atoms. The molecule has 68 valence electrons. The van der Waals surface area contributed by atoms with Crippen LogP contribution in [0.1, 0.15) is 0 Å². The zero-order chi connectivity index (χ0) is 6.85. The molecule has 0 amide bonds. The summed E-state index contributed by atoms with van der Waals surface area (Å²) in [7, 11) is 0. The quantitative estimate of drug-likeness (QED) is 0.773. The van der Waals surface area contributed by atoms with Gasteiger partial charge in [0.05, 0.1) is 5.02 Å². The molecule has 0 saturated heterocycles. The van der Waals surface area contributed by atoms with Gasteiger partial charge in [-0.25, -0.2) is 0 Å². The van der Waals surface area contributed by atoms with Crippen LogP contribution >= 0.6 is 48.0 Å². The summed E-state index contributed by atoms with van der Waals surface area (Å²) in [5.74, 6) is 0.0177. The van der Waals surface area contributed by atoms with Gasteiger partial charge >= 0.3 is 0 Å². The Morgan fingerprint density at radius 1 is 1.08 bits per heavy atom. The second-order valence-corrected chi connectivity index (χ2v) is 2.36. The number of phenols is 1. The molecule has 0 fully saturated rings. The van der Waals surface area contributed by atoms with Crippen molar-refractivity contribution in [2.75, 3.05) is 0 Å². The predicted molar refractivity (Wildman–Crippen MR) is 52.6 cm³/mol. The van der Waals surface area contributed by atoms with Crippen LogP contribution in [-0.2, 0) is 26.2 Å². The maximum absolute atomic E-state index is 8.88. The molecule has 1 rings (SSSR count). The number of halogens is 4. The fourth-order valence-corrected chi connectivity index (χ4v) is 0.788. The van der Waals surface area contributed by atoms with E-state index < -0.39 is 0 Å². The molecule has 0 aromatic heterocycles. The van der Waals surface area contributed by atoms with Crippen molar-refractivity contribution in [1.29, 1.82) is 0 Å². The first-order valence-electron chi connectivity index (χ1n) is 2.35. The van der Waals surface area contributed by atoms with Crippen molar-refractivity contribution in [3.05, 3.63) is 28.2 Å². The topological polar surface area (TPSA) is 20.2 Å². The molecule has 0 atom stereocenters. The zero-order valence-electron chi connectivity index (χ0n) is 5.75. The standard InChI is InChI=1S/C6H4Cl2O.2ClH.Zr/c7-4-2-1-3-5(9)6(4)8;;;/h1-3,9H;2*1H;. The molecule has 0 bridgehead atoms. The van der Waals surface area contributed by atoms with Crippen LogP contribution in [0, 0.1) is 0 Å². The van der Waals surface area contributed by atoms with E-state index in [0.29, 0.717) is 5.02 Å². The summed E-state index contributed by atoms with van der Waals surface area (Å²) >= 11 is 11.0. The maximum Gasteiger partial charge on any atom is 0.135 e. The Balaban J connectivity index is -0.000000270. The van der Waals surface area contributed by atoms with Crippen molar-refractivity contribution in [3.63, 3.8) is 0 Å². The summed E-state index contributed by atoms with van der Waals surface area (Å²) in [6.45, 7) is 0. The number of benzene rings is 1. The summed E-state index contributed by atoms with van der Waals surface area (Å²) in [6, 6.07) is 4.72. The van der Waals surface area contributed by atoms with Crippen LogP contribution < -0.4 is 0 Å². The second kappa shape index (κ2) is 8.65. The van der Waals surface area contributed by atoms with Crippen LogP contribution in [0.2, 0.25) is 10.0 Å². The third-order valence-corrected chi connectivity index (χ3v) is 1.74. The van der Waals surface area contributed by atoms with Crippen LogP contribution in [-0.4, -0.2) is 5.11 Å². The Hall–Kier alpha value is 1.06. The van der Waals surface area contributed by atoms with E-state index in [2.05, 4.69) is 0 Å². The summed E-state index contributed by atoms with van der Waals surface area (Å²) in [5, 5.41) is 9.46. The fraction of sp³-hybridized carbons (Fsp3) is 0. The van der Waals surface area contributed by atoms with Crippen molar-refractivity contribution in [2.45, 2.75) is 0 Å². The first-order chi connectivity index (χ1) is 4.22. The third kappa shape index (κ3) is 4.94. The van der Waals surface area contributed by atoms with Gasteiger partial charge < -0.3 is 5.11 Å². The zero-order valence-corrected chi connectivity index (χ0v) is 11.4. The van der Waals surface area contributed by atoms with Crippen LogP contribution in [0.15, 0.2) is 18.2 Å². The Morgan fingerprint density at radius 3 is 1.92 bits per heavy atom. The third-order valence-electron chi connectivity index (χ3n) is 0.931. The van der Waals surface area contributed by atoms with Gasteiger partial charge in [0.15, 0.2) is 0 Å². The van der Waals surface area contributed by atoms with Gasteiger partial charge in [-0.3, -0.25) is 0 Å². The molecule has 0 aliphatic carbocycles. The van der Waals surface area contributed by atoms with Gasteiger partial charge in [-0.1, -0.05) is 29.3 Å². The van der Waals surface area contributed by atoms with Gasteiger partial charge in [0.25, 0.3) is 0 Å². The van der Waals surface area contributed by atoms with E-state index in [-0.39, 0.29) is 61.8 Å². The molecule has 0 aliphatic heterocycles. The van der Waals surface area contributed by atoms with Crippen molar-refractivity contribution >= 4 is 48.0 Å². The molecule has 0 heterocycles. The minimum atomic E-state index is 0. The summed E-state index contributed by atoms with van der Waals surface area (Å²) in [5.41, 5.74) is 0. The van der Waals surface area contributed by atoms with Gasteiger partial charge in [-0.2, -0.15) is 0 Å². The van der Waals surface area contributed by atoms with Crippen LogP contribution in [0.25, 0.3) is 0 Å². The molecular weight excluding hydrogens is 321 g/mol. The summed E-state index contributed by atoms with van der Waals surface area (Å²) in [4.78, 5) is 0. The van der Waals surface area contributed by atoms with Crippen molar-refractivity contribution in [1.82, 2.24) is 0 Å². The van der Waals surface area contributed by atoms with Crippen molar-refractivity contribution in [2.24, 2.45) is 0 Å². The first-order valence-corrected chi connectivity index (χ1v) is 3.10. The summed E-state index contributed by atoms with van der Waals surface area (Å²) < 4.78 is 0. The molecule has 0 radical (unpaired) electrons. The van der Waals surface area contributed by atoms with E-state index in [1.165, 1.54) is 6.07 Å². The number of hydrogen-bond donors (Lipinski definition) is 1. The Kier molecular flexibility index (Phi) is 13.5. The van der Waals surface area contributed by atoms with E-state index in [1.54, 1.807) is 12.1 Å². The Labute approximate surface area is 112 Å². The average molecular weight is 327 g/mol. The van der Waals surface area contributed by atoms with E-state index in [0.717, 1.165) is 0 Å². The minimum absolute atomic E-state index is 0. The molecule has 0 unspecified atom stereocenters. The van der Waals surface area contributed by atoms with Crippen LogP contribution in [0.5, 0.6) is 5.75 Å². The number of hydrogen-bond acceptors (Lipinski definition) is 1. The number of aromatic hydroxyl groups is 1. The second-order valence-electron chi connectivity index (χ2n) is 1.57. The molecular formula is C6H6Cl4OZr. The van der Waals surface area contributed by atoms with Crippen molar-refractivity contribution < 1.29 is 31.3 Å². The Morgan fingerprint density at radius 2 is 1.58 bits per heavy atom. The fourth-order valence-electron chi connectivity index (χ4n) is 0.492. The Bertz CT molecular complexity index is 211. The average Bonchev–Trinajstić information content (AvgIpc) is 1.83. The molecule has 0 aliphatic rings. The molecule has 6 heteroatoms. The van der Waals surface area contributed by atoms with Crippen LogP contribution in [0.3, 0.4) is 0 Å². The predicted octanol–water partition coefficient (Wildman–Crippen LogP) is 3.54. The molecule has 1 aromatic rings. The normalized spacial score (nSPS) is 7.17. The molecule has 0 saturated carbocycles. The summed E-state index contributed by atoms with van der Waals surface area (Å²) in [6.07, 6.45) is 0. The van der Waals surface area contributed by atoms with Gasteiger partial charge in [-0.15, -0.1) is 24.8 Å². The van der Waals surface area contributed by atoms with Gasteiger partial charge in [-0.05, 0) is 12.1 Å². The smallest absolute Gasteiger partial charge is 0.135 e. The first kappa shape index (κ1) is 18.8. The van der Waals surface area contributed by atoms with Crippen molar-refractivity contribution in [3.8, 4) is 5.75 Å². The number of rotatable bonds is 0. The van der Waals surface area contributed by atoms with E-state index in [9.17, 15) is 0 Å². The molecule has 1 nitrogen and oxygen atoms in total. The van der Waals surface area contributed by atoms with Gasteiger partial charge in [0, 0.05) is 26.2 Å². The van der Waals surface area contributed by atoms with E-state index in [1.807, 2.05) is 0 Å². The van der Waals surface area contributed by atoms with Crippen LogP contribution in [0.4, 0.5) is 0 Å². The maximum atomic E-state index is 8.88. The monoisotopic (exact) mass is 324 g/mol. The molecule has 0 spiro atoms. The minimum Gasteiger partial charge on any atom is -0.506 e. The van der Waals surface area contributed by atoms with E-state index >= 15 is 0 Å². The van der Waals surface area contributed by atoms with E-state index in [4.69, 9.17) is 28.3 Å². The molecule has 1 N–H and O–H groups in total. The number of phenolic OH excluding ortho intramolecular Hbond substituents is 1. The van der Waals surface area contributed by atoms with Gasteiger partial charge in [0.2, 0.25) is 0 Å². The SMILES string of the molecule is Cl.Cl.Oc1cccc(Cl)c1Cl.[Zr].